The number of benzene rings is 1. The number of ether oxygens (including phenoxy) is 1. The van der Waals surface area contributed by atoms with Gasteiger partial charge in [0.2, 0.25) is 0 Å². The van der Waals surface area contributed by atoms with Gasteiger partial charge in [-0.3, -0.25) is 4.79 Å². The molecule has 2 aromatic rings. The molecule has 1 fully saturated rings. The quantitative estimate of drug-likeness (QED) is 0.851. The summed E-state index contributed by atoms with van der Waals surface area (Å²) in [7, 11) is 0. The number of morpholine rings is 1. The molecule has 0 bridgehead atoms. The molecule has 1 amide bonds. The molecular weight excluding hydrogens is 277 g/mol. The van der Waals surface area contributed by atoms with Crippen LogP contribution < -0.4 is 0 Å². The molecular formula is C15H14FNO2S. The van der Waals surface area contributed by atoms with Crippen LogP contribution in [0, 0.1) is 5.82 Å². The summed E-state index contributed by atoms with van der Waals surface area (Å²) in [6.07, 6.45) is -0.187. The van der Waals surface area contributed by atoms with Crippen molar-refractivity contribution in [3.8, 4) is 0 Å². The van der Waals surface area contributed by atoms with E-state index in [2.05, 4.69) is 0 Å². The molecule has 0 N–H and O–H groups in total. The van der Waals surface area contributed by atoms with Gasteiger partial charge in [-0.2, -0.15) is 0 Å². The molecule has 3 nitrogen and oxygen atoms in total. The van der Waals surface area contributed by atoms with Crippen molar-refractivity contribution in [1.29, 1.82) is 0 Å². The minimum absolute atomic E-state index is 0.0374. The van der Waals surface area contributed by atoms with E-state index in [1.54, 1.807) is 17.0 Å². The van der Waals surface area contributed by atoms with E-state index in [4.69, 9.17) is 4.74 Å². The molecule has 1 aliphatic heterocycles. The molecule has 104 valence electrons. The van der Waals surface area contributed by atoms with Crippen molar-refractivity contribution in [1.82, 2.24) is 4.90 Å². The van der Waals surface area contributed by atoms with Gasteiger partial charge in [0.1, 0.15) is 11.9 Å². The van der Waals surface area contributed by atoms with E-state index in [0.717, 1.165) is 10.4 Å². The van der Waals surface area contributed by atoms with Crippen LogP contribution in [0.3, 0.4) is 0 Å². The summed E-state index contributed by atoms with van der Waals surface area (Å²) in [4.78, 5) is 14.8. The molecule has 5 heteroatoms. The number of hydrogen-bond acceptors (Lipinski definition) is 3. The van der Waals surface area contributed by atoms with Gasteiger partial charge in [-0.1, -0.05) is 18.2 Å². The van der Waals surface area contributed by atoms with Crippen molar-refractivity contribution < 1.29 is 13.9 Å². The number of halogens is 1. The zero-order valence-corrected chi connectivity index (χ0v) is 11.6. The summed E-state index contributed by atoms with van der Waals surface area (Å²) in [6.45, 7) is 1.59. The van der Waals surface area contributed by atoms with Crippen LogP contribution in [-0.4, -0.2) is 30.5 Å². The molecule has 0 unspecified atom stereocenters. The zero-order chi connectivity index (χ0) is 13.9. The Labute approximate surface area is 120 Å². The average molecular weight is 291 g/mol. The highest BCUT2D eigenvalue weighted by Gasteiger charge is 2.26. The monoisotopic (exact) mass is 291 g/mol. The van der Waals surface area contributed by atoms with Crippen molar-refractivity contribution in [2.75, 3.05) is 19.7 Å². The SMILES string of the molecule is O=C(c1cccs1)N1CCO[C@H](c2ccc(F)cc2)C1. The summed E-state index contributed by atoms with van der Waals surface area (Å²) in [6, 6.07) is 9.95. The summed E-state index contributed by atoms with van der Waals surface area (Å²) in [5.41, 5.74) is 0.898. The first-order valence-corrected chi connectivity index (χ1v) is 7.32. The Kier molecular flexibility index (Phi) is 3.80. The molecule has 1 saturated heterocycles. The molecule has 1 aromatic heterocycles. The number of rotatable bonds is 2. The van der Waals surface area contributed by atoms with E-state index in [9.17, 15) is 9.18 Å². The molecule has 0 aliphatic carbocycles. The lowest BCUT2D eigenvalue weighted by Crippen LogP contribution is -2.42. The minimum atomic E-state index is -0.268. The highest BCUT2D eigenvalue weighted by molar-refractivity contribution is 7.12. The molecule has 1 aromatic carbocycles. The Bertz CT molecular complexity index is 582. The molecule has 0 radical (unpaired) electrons. The lowest BCUT2D eigenvalue weighted by Gasteiger charge is -2.33. The largest absolute Gasteiger partial charge is 0.370 e. The van der Waals surface area contributed by atoms with E-state index in [0.29, 0.717) is 19.7 Å². The smallest absolute Gasteiger partial charge is 0.264 e. The van der Waals surface area contributed by atoms with Crippen molar-refractivity contribution in [3.05, 3.63) is 58.0 Å². The predicted octanol–water partition coefficient (Wildman–Crippen LogP) is 3.10. The van der Waals surface area contributed by atoms with Gasteiger partial charge in [0.15, 0.2) is 0 Å². The van der Waals surface area contributed by atoms with Gasteiger partial charge in [-0.15, -0.1) is 11.3 Å². The summed E-state index contributed by atoms with van der Waals surface area (Å²) in [5.74, 6) is -0.230. The van der Waals surface area contributed by atoms with Gasteiger partial charge >= 0.3 is 0 Å². The highest BCUT2D eigenvalue weighted by Crippen LogP contribution is 2.24. The van der Waals surface area contributed by atoms with E-state index in [1.165, 1.54) is 23.5 Å². The van der Waals surface area contributed by atoms with E-state index in [-0.39, 0.29) is 17.8 Å². The van der Waals surface area contributed by atoms with Gasteiger partial charge in [0.05, 0.1) is 18.0 Å². The fourth-order valence-corrected chi connectivity index (χ4v) is 2.96. The summed E-state index contributed by atoms with van der Waals surface area (Å²) >= 11 is 1.44. The van der Waals surface area contributed by atoms with Crippen molar-refractivity contribution >= 4 is 17.2 Å². The van der Waals surface area contributed by atoms with Gasteiger partial charge < -0.3 is 9.64 Å². The maximum atomic E-state index is 12.9. The third-order valence-corrected chi connectivity index (χ3v) is 4.19. The summed E-state index contributed by atoms with van der Waals surface area (Å²) < 4.78 is 18.6. The summed E-state index contributed by atoms with van der Waals surface area (Å²) in [5, 5.41) is 1.89. The van der Waals surface area contributed by atoms with Crippen LogP contribution >= 0.6 is 11.3 Å². The van der Waals surface area contributed by atoms with Crippen LogP contribution in [0.4, 0.5) is 4.39 Å². The molecule has 0 saturated carbocycles. The fourth-order valence-electron chi connectivity index (χ4n) is 2.27. The average Bonchev–Trinajstić information content (AvgIpc) is 3.01. The number of nitrogens with zero attached hydrogens (tertiary/aromatic N) is 1. The second kappa shape index (κ2) is 5.73. The Hall–Kier alpha value is -1.72. The Morgan fingerprint density at radius 3 is 2.80 bits per heavy atom. The van der Waals surface area contributed by atoms with Crippen molar-refractivity contribution in [2.24, 2.45) is 0 Å². The van der Waals surface area contributed by atoms with E-state index in [1.807, 2.05) is 17.5 Å². The number of carbonyl (C=O) groups is 1. The first-order valence-electron chi connectivity index (χ1n) is 6.44. The van der Waals surface area contributed by atoms with Gasteiger partial charge in [-0.25, -0.2) is 4.39 Å². The van der Waals surface area contributed by atoms with Crippen LogP contribution in [0.1, 0.15) is 21.3 Å². The third kappa shape index (κ3) is 2.73. The third-order valence-electron chi connectivity index (χ3n) is 3.33. The standard InChI is InChI=1S/C15H14FNO2S/c16-12-5-3-11(4-6-12)13-10-17(7-8-19-13)15(18)14-2-1-9-20-14/h1-6,9,13H,7-8,10H2/t13-/m0/s1. The Morgan fingerprint density at radius 2 is 2.10 bits per heavy atom. The van der Waals surface area contributed by atoms with Gasteiger partial charge in [0.25, 0.3) is 5.91 Å². The normalized spacial score (nSPS) is 19.1. The zero-order valence-electron chi connectivity index (χ0n) is 10.8. The molecule has 1 aliphatic rings. The number of carbonyl (C=O) groups excluding carboxylic acids is 1. The van der Waals surface area contributed by atoms with Crippen LogP contribution in [-0.2, 0) is 4.74 Å². The number of amides is 1. The molecule has 20 heavy (non-hydrogen) atoms. The van der Waals surface area contributed by atoms with Crippen LogP contribution in [0.5, 0.6) is 0 Å². The Balaban J connectivity index is 1.73. The Morgan fingerprint density at radius 1 is 1.30 bits per heavy atom. The van der Waals surface area contributed by atoms with Gasteiger partial charge in [-0.05, 0) is 29.1 Å². The first kappa shape index (κ1) is 13.3. The topological polar surface area (TPSA) is 29.5 Å². The minimum Gasteiger partial charge on any atom is -0.370 e. The maximum Gasteiger partial charge on any atom is 0.264 e. The number of thiophene rings is 1. The number of hydrogen-bond donors (Lipinski definition) is 0. The van der Waals surface area contributed by atoms with E-state index < -0.39 is 0 Å². The fraction of sp³-hybridized carbons (Fsp3) is 0.267. The van der Waals surface area contributed by atoms with Crippen molar-refractivity contribution in [3.63, 3.8) is 0 Å². The predicted molar refractivity (Wildman–Crippen MR) is 75.3 cm³/mol. The molecule has 3 rings (SSSR count). The lowest BCUT2D eigenvalue weighted by atomic mass is 10.1. The van der Waals surface area contributed by atoms with Crippen LogP contribution in [0.25, 0.3) is 0 Å². The van der Waals surface area contributed by atoms with Crippen LogP contribution in [0.2, 0.25) is 0 Å². The maximum absolute atomic E-state index is 12.9. The first-order chi connectivity index (χ1) is 9.74. The van der Waals surface area contributed by atoms with Gasteiger partial charge in [0, 0.05) is 6.54 Å². The second-order valence-electron chi connectivity index (χ2n) is 4.64. The highest BCUT2D eigenvalue weighted by atomic mass is 32.1. The second-order valence-corrected chi connectivity index (χ2v) is 5.59. The molecule has 1 atom stereocenters. The van der Waals surface area contributed by atoms with Crippen LogP contribution in [0.15, 0.2) is 41.8 Å². The van der Waals surface area contributed by atoms with Crippen molar-refractivity contribution in [2.45, 2.75) is 6.10 Å². The molecule has 0 spiro atoms. The van der Waals surface area contributed by atoms with E-state index >= 15 is 0 Å². The molecule has 2 heterocycles. The lowest BCUT2D eigenvalue weighted by molar-refractivity contribution is -0.0226.